The Morgan fingerprint density at radius 1 is 0.971 bits per heavy atom. The summed E-state index contributed by atoms with van der Waals surface area (Å²) in [6, 6.07) is 2.05. The average Bonchev–Trinajstić information content (AvgIpc) is 3.46. The van der Waals surface area contributed by atoms with E-state index in [1.54, 1.807) is 6.26 Å². The fraction of sp³-hybridized carbons (Fsp3) is 0.862. The van der Waals surface area contributed by atoms with Crippen LogP contribution in [0.2, 0.25) is 0 Å². The van der Waals surface area contributed by atoms with Crippen molar-refractivity contribution in [3.8, 4) is 0 Å². The monoisotopic (exact) mass is 488 g/mol. The fourth-order valence-electron chi connectivity index (χ4n) is 9.27. The van der Waals surface area contributed by atoms with Gasteiger partial charge >= 0.3 is 0 Å². The molecule has 4 aliphatic rings. The first-order chi connectivity index (χ1) is 16.8. The zero-order chi connectivity index (χ0) is 24.7. The Hall–Kier alpha value is -0.920. The molecular weight excluding hydrogens is 440 g/mol. The Kier molecular flexibility index (Phi) is 7.17. The molecular formula is C29H48N2O4. The third kappa shape index (κ3) is 3.85. The summed E-state index contributed by atoms with van der Waals surface area (Å²) >= 11 is 0. The summed E-state index contributed by atoms with van der Waals surface area (Å²) in [5.74, 6) is 1.58. The van der Waals surface area contributed by atoms with Crippen molar-refractivity contribution in [3.05, 3.63) is 24.2 Å². The van der Waals surface area contributed by atoms with E-state index in [0.29, 0.717) is 43.6 Å². The van der Waals surface area contributed by atoms with Crippen LogP contribution in [-0.2, 0) is 15.1 Å². The van der Waals surface area contributed by atoms with Crippen molar-refractivity contribution >= 4 is 0 Å². The molecule has 198 valence electrons. The lowest BCUT2D eigenvalue weighted by Crippen LogP contribution is -2.65. The van der Waals surface area contributed by atoms with Crippen LogP contribution in [0, 0.1) is 28.6 Å². The molecule has 4 saturated carbocycles. The molecule has 1 aromatic rings. The highest BCUT2D eigenvalue weighted by atomic mass is 16.5. The van der Waals surface area contributed by atoms with Gasteiger partial charge in [-0.3, -0.25) is 0 Å². The Labute approximate surface area is 211 Å². The molecule has 0 saturated heterocycles. The van der Waals surface area contributed by atoms with Crippen molar-refractivity contribution in [2.45, 2.75) is 102 Å². The normalized spacial score (nSPS) is 45.1. The minimum Gasteiger partial charge on any atom is -0.472 e. The lowest BCUT2D eigenvalue weighted by Gasteiger charge is -2.64. The van der Waals surface area contributed by atoms with E-state index in [0.717, 1.165) is 63.5 Å². The maximum atomic E-state index is 12.7. The highest BCUT2D eigenvalue weighted by Crippen LogP contribution is 2.72. The summed E-state index contributed by atoms with van der Waals surface area (Å²) in [6.45, 7) is 7.56. The van der Waals surface area contributed by atoms with Crippen LogP contribution in [0.1, 0.15) is 90.0 Å². The number of fused-ring (bicyclic) bond motifs is 5. The van der Waals surface area contributed by atoms with Gasteiger partial charge in [0.2, 0.25) is 0 Å². The van der Waals surface area contributed by atoms with Gasteiger partial charge in [0.15, 0.2) is 0 Å². The van der Waals surface area contributed by atoms with Crippen molar-refractivity contribution in [1.29, 1.82) is 0 Å². The van der Waals surface area contributed by atoms with Gasteiger partial charge in [0, 0.05) is 24.2 Å². The number of furan rings is 1. The van der Waals surface area contributed by atoms with E-state index in [-0.39, 0.29) is 10.8 Å². The number of ether oxygens (including phenoxy) is 2. The smallest absolute Gasteiger partial charge is 0.104 e. The number of nitrogens with two attached hydrogens (primary N) is 2. The maximum Gasteiger partial charge on any atom is 0.104 e. The second-order valence-electron chi connectivity index (χ2n) is 12.5. The molecule has 5 N–H and O–H groups in total. The van der Waals surface area contributed by atoms with Crippen LogP contribution in [-0.4, -0.2) is 43.1 Å². The Balaban J connectivity index is 1.40. The molecule has 0 radical (unpaired) electrons. The SMILES string of the molecule is C[C@]12CCC3C(CC[C@@H]4C[C@@H](OCCCN)CC[C@]34C)[C@@]1(O)CC[C@]2(OCCCN)c1ccoc1. The van der Waals surface area contributed by atoms with E-state index in [1.807, 2.05) is 6.26 Å². The van der Waals surface area contributed by atoms with E-state index in [1.165, 1.54) is 19.3 Å². The standard InChI is InChI=1S/C29H48N2O4/c1-26-10-7-23(34-16-3-14-30)19-21(26)5-6-25-24(26)8-11-27(2)28(25,32)12-13-29(27,35-17-4-15-31)22-9-18-33-20-22/h9,18,20-21,23-25,32H,3-8,10-17,19,30-31H2,1-2H3/t21-,23+,24?,25?,26+,27+,28+,29+/m1/s1. The summed E-state index contributed by atoms with van der Waals surface area (Å²) in [6.07, 6.45) is 15.3. The molecule has 0 spiro atoms. The number of hydrogen-bond donors (Lipinski definition) is 3. The van der Waals surface area contributed by atoms with Crippen LogP contribution >= 0.6 is 0 Å². The molecule has 2 unspecified atom stereocenters. The highest BCUT2D eigenvalue weighted by molar-refractivity contribution is 5.31. The molecule has 6 heteroatoms. The predicted octanol–water partition coefficient (Wildman–Crippen LogP) is 4.73. The molecule has 0 aliphatic heterocycles. The predicted molar refractivity (Wildman–Crippen MR) is 137 cm³/mol. The van der Waals surface area contributed by atoms with Crippen molar-refractivity contribution in [3.63, 3.8) is 0 Å². The largest absolute Gasteiger partial charge is 0.472 e. The minimum atomic E-state index is -0.724. The highest BCUT2D eigenvalue weighted by Gasteiger charge is 2.73. The summed E-state index contributed by atoms with van der Waals surface area (Å²) < 4.78 is 18.5. The third-order valence-electron chi connectivity index (χ3n) is 11.3. The number of hydrogen-bond acceptors (Lipinski definition) is 6. The summed E-state index contributed by atoms with van der Waals surface area (Å²) in [5.41, 5.74) is 11.3. The first-order valence-electron chi connectivity index (χ1n) is 14.3. The van der Waals surface area contributed by atoms with Gasteiger partial charge in [0.05, 0.1) is 24.2 Å². The lowest BCUT2D eigenvalue weighted by molar-refractivity contribution is -0.249. The van der Waals surface area contributed by atoms with E-state index in [2.05, 4.69) is 19.9 Å². The molecule has 8 atom stereocenters. The van der Waals surface area contributed by atoms with Crippen molar-refractivity contribution < 1.29 is 19.0 Å². The van der Waals surface area contributed by atoms with Gasteiger partial charge in [-0.05, 0) is 113 Å². The maximum absolute atomic E-state index is 12.7. The third-order valence-corrected chi connectivity index (χ3v) is 11.3. The van der Waals surface area contributed by atoms with Gasteiger partial charge in [-0.15, -0.1) is 0 Å². The van der Waals surface area contributed by atoms with Gasteiger partial charge in [-0.25, -0.2) is 0 Å². The zero-order valence-electron chi connectivity index (χ0n) is 22.0. The van der Waals surface area contributed by atoms with Gasteiger partial charge in [0.1, 0.15) is 5.60 Å². The average molecular weight is 489 g/mol. The molecule has 6 nitrogen and oxygen atoms in total. The van der Waals surface area contributed by atoms with Crippen molar-refractivity contribution in [2.75, 3.05) is 26.3 Å². The van der Waals surface area contributed by atoms with E-state index in [4.69, 9.17) is 25.4 Å². The summed E-state index contributed by atoms with van der Waals surface area (Å²) in [5, 5.41) is 12.7. The quantitative estimate of drug-likeness (QED) is 0.434. The minimum absolute atomic E-state index is 0.287. The van der Waals surface area contributed by atoms with Crippen LogP contribution < -0.4 is 11.5 Å². The fourth-order valence-corrected chi connectivity index (χ4v) is 9.27. The molecule has 4 fully saturated rings. The van der Waals surface area contributed by atoms with Gasteiger partial charge < -0.3 is 30.5 Å². The second kappa shape index (κ2) is 9.75. The number of aliphatic hydroxyl groups is 1. The van der Waals surface area contributed by atoms with Gasteiger partial charge in [-0.1, -0.05) is 13.8 Å². The molecule has 1 aromatic heterocycles. The van der Waals surface area contributed by atoms with Crippen LogP contribution in [0.15, 0.2) is 23.0 Å². The molecule has 1 heterocycles. The molecule has 4 aliphatic carbocycles. The van der Waals surface area contributed by atoms with Crippen molar-refractivity contribution in [1.82, 2.24) is 0 Å². The summed E-state index contributed by atoms with van der Waals surface area (Å²) in [7, 11) is 0. The van der Waals surface area contributed by atoms with E-state index < -0.39 is 11.2 Å². The van der Waals surface area contributed by atoms with E-state index >= 15 is 0 Å². The van der Waals surface area contributed by atoms with Crippen LogP contribution in [0.5, 0.6) is 0 Å². The topological polar surface area (TPSA) is 104 Å². The molecule has 0 bridgehead atoms. The zero-order valence-corrected chi connectivity index (χ0v) is 22.0. The van der Waals surface area contributed by atoms with Crippen LogP contribution in [0.25, 0.3) is 0 Å². The molecule has 0 aromatic carbocycles. The van der Waals surface area contributed by atoms with E-state index in [9.17, 15) is 5.11 Å². The Morgan fingerprint density at radius 2 is 1.77 bits per heavy atom. The van der Waals surface area contributed by atoms with Crippen molar-refractivity contribution in [2.24, 2.45) is 40.1 Å². The van der Waals surface area contributed by atoms with Crippen LogP contribution in [0.4, 0.5) is 0 Å². The Bertz CT molecular complexity index is 848. The van der Waals surface area contributed by atoms with Crippen LogP contribution in [0.3, 0.4) is 0 Å². The van der Waals surface area contributed by atoms with Gasteiger partial charge in [-0.2, -0.15) is 0 Å². The lowest BCUT2D eigenvalue weighted by atomic mass is 9.43. The second-order valence-corrected chi connectivity index (χ2v) is 12.5. The first kappa shape index (κ1) is 25.7. The van der Waals surface area contributed by atoms with Gasteiger partial charge in [0.25, 0.3) is 0 Å². The number of rotatable bonds is 9. The molecule has 5 rings (SSSR count). The molecule has 0 amide bonds. The summed E-state index contributed by atoms with van der Waals surface area (Å²) in [4.78, 5) is 0. The molecule has 35 heavy (non-hydrogen) atoms. The Morgan fingerprint density at radius 3 is 2.51 bits per heavy atom. The first-order valence-corrected chi connectivity index (χ1v) is 14.3.